The molecular formula is C30H49N3O10S. The molecule has 5 atom stereocenters. The van der Waals surface area contributed by atoms with Gasteiger partial charge in [-0.15, -0.1) is 11.8 Å². The SMILES string of the molecule is CCCCC[C@H](O)[C@@H](/C=C/[C@@H](O)C/C=C\C/C=C\CCCC(=O)O)SC[C@H](NC(=O)CC[C@H](N)C(=O)O)C(=O)NCC(=O)O. The highest BCUT2D eigenvalue weighted by atomic mass is 32.2. The van der Waals surface area contributed by atoms with Gasteiger partial charge < -0.3 is 41.9 Å². The van der Waals surface area contributed by atoms with E-state index in [0.29, 0.717) is 32.1 Å². The van der Waals surface area contributed by atoms with Gasteiger partial charge in [0.05, 0.1) is 12.2 Å². The molecule has 9 N–H and O–H groups in total. The molecule has 0 spiro atoms. The molecule has 0 saturated carbocycles. The van der Waals surface area contributed by atoms with Gasteiger partial charge in [-0.25, -0.2) is 0 Å². The average Bonchev–Trinajstić information content (AvgIpc) is 2.96. The van der Waals surface area contributed by atoms with E-state index >= 15 is 0 Å². The van der Waals surface area contributed by atoms with Crippen LogP contribution in [0, 0.1) is 0 Å². The van der Waals surface area contributed by atoms with Crippen LogP contribution in [-0.4, -0.2) is 97.1 Å². The number of rotatable bonds is 26. The second-order valence-corrected chi connectivity index (χ2v) is 11.4. The maximum absolute atomic E-state index is 12.7. The fourth-order valence-corrected chi connectivity index (χ4v) is 4.94. The predicted octanol–water partition coefficient (Wildman–Crippen LogP) is 1.97. The van der Waals surface area contributed by atoms with Crippen LogP contribution in [0.5, 0.6) is 0 Å². The first kappa shape index (κ1) is 40.8. The number of carbonyl (C=O) groups excluding carboxylic acids is 2. The lowest BCUT2D eigenvalue weighted by molar-refractivity contribution is -0.139. The van der Waals surface area contributed by atoms with Gasteiger partial charge in [-0.2, -0.15) is 0 Å². The smallest absolute Gasteiger partial charge is 0.322 e. The summed E-state index contributed by atoms with van der Waals surface area (Å²) in [5.41, 5.74) is 5.44. The van der Waals surface area contributed by atoms with E-state index in [-0.39, 0.29) is 25.0 Å². The number of hydrogen-bond acceptors (Lipinski definition) is 9. The average molecular weight is 644 g/mol. The summed E-state index contributed by atoms with van der Waals surface area (Å²) in [4.78, 5) is 57.5. The normalized spacial score (nSPS) is 15.2. The quantitative estimate of drug-likeness (QED) is 0.0499. The molecule has 0 radical (unpaired) electrons. The van der Waals surface area contributed by atoms with Crippen molar-refractivity contribution in [1.29, 1.82) is 0 Å². The van der Waals surface area contributed by atoms with Crippen molar-refractivity contribution in [2.75, 3.05) is 12.3 Å². The monoisotopic (exact) mass is 643 g/mol. The molecule has 0 aliphatic carbocycles. The molecule has 14 heteroatoms. The molecule has 13 nitrogen and oxygen atoms in total. The number of aliphatic hydroxyl groups is 2. The van der Waals surface area contributed by atoms with Crippen LogP contribution in [0.2, 0.25) is 0 Å². The second kappa shape index (κ2) is 25.2. The lowest BCUT2D eigenvalue weighted by atomic mass is 10.1. The molecule has 0 aliphatic heterocycles. The minimum absolute atomic E-state index is 0.0309. The van der Waals surface area contributed by atoms with Crippen molar-refractivity contribution in [3.8, 4) is 0 Å². The van der Waals surface area contributed by atoms with Gasteiger partial charge in [-0.3, -0.25) is 24.0 Å². The fraction of sp³-hybridized carbons (Fsp3) is 0.633. The van der Waals surface area contributed by atoms with Crippen LogP contribution in [0.1, 0.15) is 77.6 Å². The summed E-state index contributed by atoms with van der Waals surface area (Å²) < 4.78 is 0. The van der Waals surface area contributed by atoms with Crippen molar-refractivity contribution in [3.05, 3.63) is 36.5 Å². The van der Waals surface area contributed by atoms with Crippen molar-refractivity contribution in [3.63, 3.8) is 0 Å². The van der Waals surface area contributed by atoms with E-state index in [9.17, 15) is 34.2 Å². The van der Waals surface area contributed by atoms with Gasteiger partial charge in [-0.1, -0.05) is 62.6 Å². The number of thioether (sulfide) groups is 1. The van der Waals surface area contributed by atoms with Crippen molar-refractivity contribution < 1.29 is 49.5 Å². The Bertz CT molecular complexity index is 973. The Kier molecular flexibility index (Phi) is 23.3. The molecule has 0 saturated heterocycles. The van der Waals surface area contributed by atoms with Crippen LogP contribution in [0.3, 0.4) is 0 Å². The number of aliphatic carboxylic acids is 3. The van der Waals surface area contributed by atoms with Gasteiger partial charge in [0.2, 0.25) is 11.8 Å². The highest BCUT2D eigenvalue weighted by Gasteiger charge is 2.26. The van der Waals surface area contributed by atoms with Gasteiger partial charge in [0.25, 0.3) is 0 Å². The zero-order valence-electron chi connectivity index (χ0n) is 25.3. The number of unbranched alkanes of at least 4 members (excludes halogenated alkanes) is 3. The third-order valence-electron chi connectivity index (χ3n) is 6.27. The third-order valence-corrected chi connectivity index (χ3v) is 7.65. The topological polar surface area (TPSA) is 237 Å². The van der Waals surface area contributed by atoms with Crippen LogP contribution in [0.25, 0.3) is 0 Å². The first-order valence-corrected chi connectivity index (χ1v) is 15.9. The summed E-state index contributed by atoms with van der Waals surface area (Å²) >= 11 is 1.16. The molecule has 0 fully saturated rings. The van der Waals surface area contributed by atoms with Gasteiger partial charge in [0.1, 0.15) is 18.6 Å². The molecule has 0 aromatic rings. The molecule has 44 heavy (non-hydrogen) atoms. The largest absolute Gasteiger partial charge is 0.481 e. The lowest BCUT2D eigenvalue weighted by Gasteiger charge is -2.24. The maximum atomic E-state index is 12.7. The molecule has 0 aromatic heterocycles. The summed E-state index contributed by atoms with van der Waals surface area (Å²) in [7, 11) is 0. The number of nitrogens with one attached hydrogen (secondary N) is 2. The van der Waals surface area contributed by atoms with Crippen LogP contribution in [-0.2, 0) is 24.0 Å². The van der Waals surface area contributed by atoms with E-state index in [1.165, 1.54) is 0 Å². The Labute approximate surface area is 263 Å². The number of amides is 2. The summed E-state index contributed by atoms with van der Waals surface area (Å²) in [6, 6.07) is -2.42. The molecule has 0 aromatic carbocycles. The Morgan fingerprint density at radius 1 is 0.864 bits per heavy atom. The van der Waals surface area contributed by atoms with Crippen molar-refractivity contribution >= 4 is 41.5 Å². The van der Waals surface area contributed by atoms with E-state index < -0.39 is 65.8 Å². The van der Waals surface area contributed by atoms with E-state index in [1.54, 1.807) is 12.2 Å². The molecule has 0 bridgehead atoms. The van der Waals surface area contributed by atoms with E-state index in [2.05, 4.69) is 10.6 Å². The molecule has 0 unspecified atom stereocenters. The van der Waals surface area contributed by atoms with Gasteiger partial charge in [0, 0.05) is 23.8 Å². The number of hydrogen-bond donors (Lipinski definition) is 8. The molecule has 0 heterocycles. The number of nitrogens with two attached hydrogens (primary N) is 1. The van der Waals surface area contributed by atoms with Crippen LogP contribution >= 0.6 is 11.8 Å². The van der Waals surface area contributed by atoms with Crippen molar-refractivity contribution in [2.45, 2.75) is 107 Å². The van der Waals surface area contributed by atoms with Crippen molar-refractivity contribution in [2.24, 2.45) is 5.73 Å². The molecule has 250 valence electrons. The van der Waals surface area contributed by atoms with Gasteiger partial charge >= 0.3 is 17.9 Å². The summed E-state index contributed by atoms with van der Waals surface area (Å²) in [6.45, 7) is 1.37. The first-order chi connectivity index (χ1) is 20.9. The van der Waals surface area contributed by atoms with Crippen molar-refractivity contribution in [1.82, 2.24) is 10.6 Å². The minimum atomic E-state index is -1.27. The van der Waals surface area contributed by atoms with Gasteiger partial charge in [0.15, 0.2) is 0 Å². The van der Waals surface area contributed by atoms with E-state index in [0.717, 1.165) is 31.0 Å². The predicted molar refractivity (Wildman–Crippen MR) is 168 cm³/mol. The summed E-state index contributed by atoms with van der Waals surface area (Å²) in [6.07, 6.45) is 14.1. The molecular weight excluding hydrogens is 594 g/mol. The van der Waals surface area contributed by atoms with E-state index in [4.69, 9.17) is 21.1 Å². The Morgan fingerprint density at radius 2 is 1.57 bits per heavy atom. The summed E-state index contributed by atoms with van der Waals surface area (Å²) in [5.74, 6) is -4.78. The third kappa shape index (κ3) is 22.4. The minimum Gasteiger partial charge on any atom is -0.481 e. The van der Waals surface area contributed by atoms with Crippen LogP contribution in [0.15, 0.2) is 36.5 Å². The Hall–Kier alpha value is -3.20. The van der Waals surface area contributed by atoms with Gasteiger partial charge in [-0.05, 0) is 38.5 Å². The maximum Gasteiger partial charge on any atom is 0.322 e. The Morgan fingerprint density at radius 3 is 2.20 bits per heavy atom. The number of carboxylic acid groups (broad SMARTS) is 3. The Balaban J connectivity index is 5.32. The number of aliphatic hydroxyl groups excluding tert-OH is 2. The molecule has 2 amide bonds. The number of carboxylic acids is 3. The molecule has 0 aliphatic rings. The fourth-order valence-electron chi connectivity index (χ4n) is 3.73. The lowest BCUT2D eigenvalue weighted by Crippen LogP contribution is -2.50. The van der Waals surface area contributed by atoms with E-state index in [1.807, 2.05) is 31.2 Å². The highest BCUT2D eigenvalue weighted by Crippen LogP contribution is 2.22. The van der Waals surface area contributed by atoms with Crippen LogP contribution < -0.4 is 16.4 Å². The first-order valence-electron chi connectivity index (χ1n) is 14.8. The zero-order chi connectivity index (χ0) is 33.3. The standard InChI is InChI=1S/C30H49N3O10S/c1-2-3-9-13-24(35)25(17-15-21(34)12-10-7-5-4-6-8-11-14-27(37)38)44-20-23(29(41)32-19-28(39)40)33-26(36)18-16-22(31)30(42)43/h4,6-7,10,15,17,21-25,34-35H,2-3,5,8-9,11-14,16,18-20,31H2,1H3,(H,32,41)(H,33,36)(H,37,38)(H,39,40)(H,42,43)/b6-4-,10-7-,17-15+/t21-,22-,23-,24-,25+/m0/s1. The number of allylic oxidation sites excluding steroid dienone is 3. The van der Waals surface area contributed by atoms with Crippen LogP contribution in [0.4, 0.5) is 0 Å². The number of carbonyl (C=O) groups is 5. The summed E-state index contributed by atoms with van der Waals surface area (Å²) in [5, 5.41) is 52.0. The second-order valence-electron chi connectivity index (χ2n) is 10.2. The zero-order valence-corrected chi connectivity index (χ0v) is 26.1. The molecule has 0 rings (SSSR count). The highest BCUT2D eigenvalue weighted by molar-refractivity contribution is 8.00.